The maximum absolute atomic E-state index is 12.7. The summed E-state index contributed by atoms with van der Waals surface area (Å²) in [6, 6.07) is 7.62. The molecule has 1 atom stereocenters. The predicted molar refractivity (Wildman–Crippen MR) is 88.3 cm³/mol. The van der Waals surface area contributed by atoms with Gasteiger partial charge in [0.15, 0.2) is 0 Å². The number of hydrogen-bond donors (Lipinski definition) is 1. The van der Waals surface area contributed by atoms with Crippen LogP contribution in [-0.2, 0) is 13.5 Å². The molecule has 122 valence electrons. The topological polar surface area (TPSA) is 58.4 Å². The lowest BCUT2D eigenvalue weighted by atomic mass is 9.95. The van der Waals surface area contributed by atoms with E-state index >= 15 is 0 Å². The highest BCUT2D eigenvalue weighted by Crippen LogP contribution is 2.23. The Bertz CT molecular complexity index is 663. The molecule has 1 aromatic carbocycles. The van der Waals surface area contributed by atoms with Gasteiger partial charge in [0.05, 0.1) is 11.8 Å². The van der Waals surface area contributed by atoms with Gasteiger partial charge in [-0.15, -0.1) is 0 Å². The van der Waals surface area contributed by atoms with Gasteiger partial charge in [0.2, 0.25) is 0 Å². The van der Waals surface area contributed by atoms with Gasteiger partial charge in [-0.05, 0) is 49.8 Å². The van der Waals surface area contributed by atoms with E-state index in [1.54, 1.807) is 29.2 Å². The summed E-state index contributed by atoms with van der Waals surface area (Å²) in [7, 11) is 1.83. The van der Waals surface area contributed by atoms with Crippen LogP contribution in [0.4, 0.5) is 0 Å². The molecule has 1 saturated heterocycles. The second kappa shape index (κ2) is 6.86. The Morgan fingerprint density at radius 3 is 2.78 bits per heavy atom. The van der Waals surface area contributed by atoms with Crippen molar-refractivity contribution in [3.8, 4) is 5.75 Å². The molecule has 23 heavy (non-hydrogen) atoms. The Balaban J connectivity index is 1.66. The Labute approximate surface area is 136 Å². The van der Waals surface area contributed by atoms with Crippen molar-refractivity contribution in [1.29, 1.82) is 0 Å². The number of phenols is 1. The number of piperidine rings is 1. The summed E-state index contributed by atoms with van der Waals surface area (Å²) >= 11 is 0. The smallest absolute Gasteiger partial charge is 0.257 e. The van der Waals surface area contributed by atoms with Crippen molar-refractivity contribution < 1.29 is 9.90 Å². The van der Waals surface area contributed by atoms with E-state index in [0.29, 0.717) is 11.3 Å². The standard InChI is InChI=1S/C18H23N3O2/c1-20-13-15(12-19-20)18(23)21-11-3-2-4-16(21)8-5-14-6-9-17(22)10-7-14/h6-7,9-10,12-13,16,22H,2-5,8,11H2,1H3/t16-/m1/s1. The van der Waals surface area contributed by atoms with Crippen LogP contribution in [0.2, 0.25) is 0 Å². The van der Waals surface area contributed by atoms with Gasteiger partial charge >= 0.3 is 0 Å². The molecule has 5 heteroatoms. The molecule has 3 rings (SSSR count). The van der Waals surface area contributed by atoms with Crippen molar-refractivity contribution in [2.75, 3.05) is 6.54 Å². The van der Waals surface area contributed by atoms with Crippen molar-refractivity contribution in [3.05, 3.63) is 47.8 Å². The zero-order valence-corrected chi connectivity index (χ0v) is 13.5. The van der Waals surface area contributed by atoms with Gasteiger partial charge < -0.3 is 10.0 Å². The van der Waals surface area contributed by atoms with Crippen LogP contribution < -0.4 is 0 Å². The third-order valence-electron chi connectivity index (χ3n) is 4.54. The van der Waals surface area contributed by atoms with Gasteiger partial charge in [0.1, 0.15) is 5.75 Å². The van der Waals surface area contributed by atoms with E-state index in [4.69, 9.17) is 0 Å². The summed E-state index contributed by atoms with van der Waals surface area (Å²) in [5.41, 5.74) is 1.87. The molecule has 1 aliphatic rings. The van der Waals surface area contributed by atoms with Crippen molar-refractivity contribution in [1.82, 2.24) is 14.7 Å². The average molecular weight is 313 g/mol. The number of likely N-dealkylation sites (tertiary alicyclic amines) is 1. The van der Waals surface area contributed by atoms with Crippen LogP contribution in [0.15, 0.2) is 36.7 Å². The summed E-state index contributed by atoms with van der Waals surface area (Å²) in [6.45, 7) is 0.827. The van der Waals surface area contributed by atoms with Crippen molar-refractivity contribution in [3.63, 3.8) is 0 Å². The highest BCUT2D eigenvalue weighted by molar-refractivity contribution is 5.94. The van der Waals surface area contributed by atoms with E-state index in [9.17, 15) is 9.90 Å². The third-order valence-corrected chi connectivity index (χ3v) is 4.54. The largest absolute Gasteiger partial charge is 0.508 e. The van der Waals surface area contributed by atoms with Gasteiger partial charge in [-0.2, -0.15) is 5.10 Å². The van der Waals surface area contributed by atoms with Gasteiger partial charge in [-0.3, -0.25) is 9.48 Å². The van der Waals surface area contributed by atoms with Crippen molar-refractivity contribution in [2.24, 2.45) is 7.05 Å². The average Bonchev–Trinajstić information content (AvgIpc) is 3.00. The fourth-order valence-corrected chi connectivity index (χ4v) is 3.26. The molecule has 0 unspecified atom stereocenters. The van der Waals surface area contributed by atoms with Crippen LogP contribution in [0.1, 0.15) is 41.6 Å². The Kier molecular flexibility index (Phi) is 4.65. The number of amides is 1. The number of hydrogen-bond acceptors (Lipinski definition) is 3. The fourth-order valence-electron chi connectivity index (χ4n) is 3.26. The van der Waals surface area contributed by atoms with Crippen LogP contribution in [0.5, 0.6) is 5.75 Å². The summed E-state index contributed by atoms with van der Waals surface area (Å²) in [4.78, 5) is 14.7. The zero-order chi connectivity index (χ0) is 16.2. The van der Waals surface area contributed by atoms with Crippen molar-refractivity contribution >= 4 is 5.91 Å². The molecule has 0 radical (unpaired) electrons. The highest BCUT2D eigenvalue weighted by atomic mass is 16.3. The molecule has 2 aromatic rings. The SMILES string of the molecule is Cn1cc(C(=O)N2CCCC[C@@H]2CCc2ccc(O)cc2)cn1. The highest BCUT2D eigenvalue weighted by Gasteiger charge is 2.27. The lowest BCUT2D eigenvalue weighted by Gasteiger charge is -2.35. The van der Waals surface area contributed by atoms with Crippen molar-refractivity contribution in [2.45, 2.75) is 38.1 Å². The summed E-state index contributed by atoms with van der Waals surface area (Å²) in [5, 5.41) is 13.5. The Hall–Kier alpha value is -2.30. The molecule has 2 heterocycles. The van der Waals surface area contributed by atoms with Gasteiger partial charge in [0.25, 0.3) is 5.91 Å². The molecule has 1 aromatic heterocycles. The molecule has 1 amide bonds. The van der Waals surface area contributed by atoms with Crippen LogP contribution in [0.25, 0.3) is 0 Å². The summed E-state index contributed by atoms with van der Waals surface area (Å²) in [6.07, 6.45) is 8.61. The number of aromatic hydroxyl groups is 1. The molecule has 0 bridgehead atoms. The third kappa shape index (κ3) is 3.73. The molecule has 0 spiro atoms. The predicted octanol–water partition coefficient (Wildman–Crippen LogP) is 2.75. The number of benzene rings is 1. The van der Waals surface area contributed by atoms with E-state index in [2.05, 4.69) is 5.10 Å². The number of aromatic nitrogens is 2. The lowest BCUT2D eigenvalue weighted by molar-refractivity contribution is 0.0602. The van der Waals surface area contributed by atoms with Gasteiger partial charge in [-0.25, -0.2) is 0 Å². The molecule has 1 fully saturated rings. The molecule has 1 N–H and O–H groups in total. The zero-order valence-electron chi connectivity index (χ0n) is 13.5. The molecular weight excluding hydrogens is 290 g/mol. The van der Waals surface area contributed by atoms with E-state index in [-0.39, 0.29) is 11.9 Å². The Morgan fingerprint density at radius 1 is 1.30 bits per heavy atom. The van der Waals surface area contributed by atoms with Crippen LogP contribution in [0.3, 0.4) is 0 Å². The first kappa shape index (κ1) is 15.6. The normalized spacial score (nSPS) is 18.1. The number of aryl methyl sites for hydroxylation is 2. The quantitative estimate of drug-likeness (QED) is 0.944. The number of carbonyl (C=O) groups is 1. The van der Waals surface area contributed by atoms with E-state index in [1.807, 2.05) is 24.1 Å². The maximum Gasteiger partial charge on any atom is 0.257 e. The van der Waals surface area contributed by atoms with E-state index in [1.165, 1.54) is 12.0 Å². The molecular formula is C18H23N3O2. The number of carbonyl (C=O) groups excluding carboxylic acids is 1. The molecule has 5 nitrogen and oxygen atoms in total. The number of rotatable bonds is 4. The molecule has 0 aliphatic carbocycles. The first-order chi connectivity index (χ1) is 11.1. The first-order valence-electron chi connectivity index (χ1n) is 8.21. The second-order valence-corrected chi connectivity index (χ2v) is 6.26. The van der Waals surface area contributed by atoms with Crippen LogP contribution in [-0.4, -0.2) is 38.3 Å². The van der Waals surface area contributed by atoms with E-state index < -0.39 is 0 Å². The van der Waals surface area contributed by atoms with Gasteiger partial charge in [-0.1, -0.05) is 12.1 Å². The lowest BCUT2D eigenvalue weighted by Crippen LogP contribution is -2.43. The summed E-state index contributed by atoms with van der Waals surface area (Å²) < 4.78 is 1.67. The molecule has 0 saturated carbocycles. The summed E-state index contributed by atoms with van der Waals surface area (Å²) in [5.74, 6) is 0.383. The minimum Gasteiger partial charge on any atom is -0.508 e. The minimum absolute atomic E-state index is 0.0912. The van der Waals surface area contributed by atoms with Crippen LogP contribution >= 0.6 is 0 Å². The number of nitrogens with zero attached hydrogens (tertiary/aromatic N) is 3. The van der Waals surface area contributed by atoms with Crippen LogP contribution in [0, 0.1) is 0 Å². The van der Waals surface area contributed by atoms with E-state index in [0.717, 1.165) is 32.2 Å². The Morgan fingerprint density at radius 2 is 2.09 bits per heavy atom. The monoisotopic (exact) mass is 313 g/mol. The minimum atomic E-state index is 0.0912. The maximum atomic E-state index is 12.7. The fraction of sp³-hybridized carbons (Fsp3) is 0.444. The van der Waals surface area contributed by atoms with Gasteiger partial charge in [0, 0.05) is 25.8 Å². The second-order valence-electron chi connectivity index (χ2n) is 6.26. The number of phenolic OH excluding ortho intramolecular Hbond substituents is 1. The first-order valence-corrected chi connectivity index (χ1v) is 8.21. The molecule has 1 aliphatic heterocycles.